The van der Waals surface area contributed by atoms with Crippen molar-refractivity contribution >= 4 is 28.6 Å². The molecule has 2 rings (SSSR count). The predicted octanol–water partition coefficient (Wildman–Crippen LogP) is 3.42. The van der Waals surface area contributed by atoms with Crippen LogP contribution in [0.25, 0.3) is 11.0 Å². The monoisotopic (exact) mass is 237 g/mol. The molecule has 0 saturated heterocycles. The number of rotatable bonds is 2. The van der Waals surface area contributed by atoms with Gasteiger partial charge in [-0.05, 0) is 38.5 Å². The molecule has 4 heteroatoms. The van der Waals surface area contributed by atoms with Gasteiger partial charge in [0, 0.05) is 10.6 Å². The molecule has 2 N–H and O–H groups in total. The second-order valence-corrected chi connectivity index (χ2v) is 5.04. The Morgan fingerprint density at radius 3 is 2.75 bits per heavy atom. The number of halogens is 1. The minimum absolute atomic E-state index is 0.0351. The van der Waals surface area contributed by atoms with E-state index in [1.165, 1.54) is 0 Å². The van der Waals surface area contributed by atoms with Crippen molar-refractivity contribution in [1.29, 1.82) is 0 Å². The van der Waals surface area contributed by atoms with Crippen molar-refractivity contribution in [2.75, 3.05) is 5.73 Å². The molecule has 0 aliphatic heterocycles. The van der Waals surface area contributed by atoms with Gasteiger partial charge >= 0.3 is 0 Å². The molecular formula is C12H16ClN3. The number of nitrogen functional groups attached to an aromatic ring is 1. The van der Waals surface area contributed by atoms with Crippen molar-refractivity contribution in [3.8, 4) is 0 Å². The number of aromatic nitrogens is 2. The van der Waals surface area contributed by atoms with Gasteiger partial charge in [-0.15, -0.1) is 0 Å². The maximum absolute atomic E-state index is 5.97. The summed E-state index contributed by atoms with van der Waals surface area (Å²) in [6.45, 7) is 6.44. The highest BCUT2D eigenvalue weighted by Crippen LogP contribution is 2.30. The molecule has 16 heavy (non-hydrogen) atoms. The van der Waals surface area contributed by atoms with E-state index in [1.807, 2.05) is 18.2 Å². The Hall–Kier alpha value is -1.22. The van der Waals surface area contributed by atoms with E-state index in [2.05, 4.69) is 30.3 Å². The Kier molecular flexibility index (Phi) is 2.58. The third-order valence-electron chi connectivity index (χ3n) is 3.11. The zero-order valence-corrected chi connectivity index (χ0v) is 10.5. The van der Waals surface area contributed by atoms with Gasteiger partial charge in [0.15, 0.2) is 0 Å². The first-order chi connectivity index (χ1) is 7.45. The van der Waals surface area contributed by atoms with E-state index in [9.17, 15) is 0 Å². The summed E-state index contributed by atoms with van der Waals surface area (Å²) < 4.78 is 2.07. The summed E-state index contributed by atoms with van der Waals surface area (Å²) >= 11 is 5.94. The zero-order valence-electron chi connectivity index (χ0n) is 9.79. The first-order valence-electron chi connectivity index (χ1n) is 5.39. The van der Waals surface area contributed by atoms with Crippen molar-refractivity contribution in [1.82, 2.24) is 9.55 Å². The van der Waals surface area contributed by atoms with E-state index < -0.39 is 0 Å². The lowest BCUT2D eigenvalue weighted by molar-refractivity contribution is 0.357. The van der Waals surface area contributed by atoms with Gasteiger partial charge in [0.05, 0.1) is 11.0 Å². The normalized spacial score (nSPS) is 12.2. The van der Waals surface area contributed by atoms with Crippen molar-refractivity contribution in [2.45, 2.75) is 32.7 Å². The summed E-state index contributed by atoms with van der Waals surface area (Å²) in [5.41, 5.74) is 7.83. The average Bonchev–Trinajstić information content (AvgIpc) is 2.53. The maximum Gasteiger partial charge on any atom is 0.201 e. The number of hydrogen-bond donors (Lipinski definition) is 1. The number of fused-ring (bicyclic) bond motifs is 1. The molecule has 0 spiro atoms. The van der Waals surface area contributed by atoms with Crippen molar-refractivity contribution in [3.63, 3.8) is 0 Å². The first-order valence-corrected chi connectivity index (χ1v) is 5.77. The molecular weight excluding hydrogens is 222 g/mol. The topological polar surface area (TPSA) is 43.8 Å². The Balaban J connectivity index is 2.74. The molecule has 0 atom stereocenters. The van der Waals surface area contributed by atoms with Gasteiger partial charge in [0.25, 0.3) is 0 Å². The molecule has 0 bridgehead atoms. The van der Waals surface area contributed by atoms with Crippen LogP contribution in [0.3, 0.4) is 0 Å². The number of anilines is 1. The van der Waals surface area contributed by atoms with Crippen molar-refractivity contribution in [2.24, 2.45) is 0 Å². The highest BCUT2D eigenvalue weighted by Gasteiger charge is 2.23. The molecule has 86 valence electrons. The van der Waals surface area contributed by atoms with Gasteiger partial charge in [-0.25, -0.2) is 4.98 Å². The molecule has 3 nitrogen and oxygen atoms in total. The molecule has 0 saturated carbocycles. The fourth-order valence-electron chi connectivity index (χ4n) is 1.87. The second kappa shape index (κ2) is 3.67. The lowest BCUT2D eigenvalue weighted by atomic mass is 10.0. The SMILES string of the molecule is CCC(C)(C)n1c(N)nc2cc(Cl)ccc21. The van der Waals surface area contributed by atoms with E-state index in [4.69, 9.17) is 17.3 Å². The molecule has 2 aromatic rings. The Morgan fingerprint density at radius 1 is 1.44 bits per heavy atom. The largest absolute Gasteiger partial charge is 0.369 e. The van der Waals surface area contributed by atoms with E-state index in [-0.39, 0.29) is 5.54 Å². The molecule has 0 unspecified atom stereocenters. The molecule has 1 aromatic carbocycles. The van der Waals surface area contributed by atoms with E-state index >= 15 is 0 Å². The van der Waals surface area contributed by atoms with Crippen LogP contribution < -0.4 is 5.73 Å². The molecule has 1 aromatic heterocycles. The van der Waals surface area contributed by atoms with E-state index in [0.29, 0.717) is 11.0 Å². The van der Waals surface area contributed by atoms with Crippen LogP contribution in [0.4, 0.5) is 5.95 Å². The van der Waals surface area contributed by atoms with E-state index in [0.717, 1.165) is 17.5 Å². The summed E-state index contributed by atoms with van der Waals surface area (Å²) in [6, 6.07) is 5.68. The minimum Gasteiger partial charge on any atom is -0.369 e. The average molecular weight is 238 g/mol. The second-order valence-electron chi connectivity index (χ2n) is 4.60. The lowest BCUT2D eigenvalue weighted by Gasteiger charge is -2.26. The molecule has 0 aliphatic rings. The van der Waals surface area contributed by atoms with Gasteiger partial charge in [-0.1, -0.05) is 18.5 Å². The summed E-state index contributed by atoms with van der Waals surface area (Å²) in [5.74, 6) is 0.545. The molecule has 0 fully saturated rings. The Bertz CT molecular complexity index is 528. The third-order valence-corrected chi connectivity index (χ3v) is 3.35. The smallest absolute Gasteiger partial charge is 0.201 e. The quantitative estimate of drug-likeness (QED) is 0.870. The predicted molar refractivity (Wildman–Crippen MR) is 68.8 cm³/mol. The summed E-state index contributed by atoms with van der Waals surface area (Å²) in [7, 11) is 0. The number of nitrogens with two attached hydrogens (primary N) is 1. The highest BCUT2D eigenvalue weighted by atomic mass is 35.5. The third kappa shape index (κ3) is 1.65. The highest BCUT2D eigenvalue weighted by molar-refractivity contribution is 6.31. The van der Waals surface area contributed by atoms with Gasteiger partial charge in [0.1, 0.15) is 0 Å². The van der Waals surface area contributed by atoms with E-state index in [1.54, 1.807) is 0 Å². The van der Waals surface area contributed by atoms with Crippen molar-refractivity contribution < 1.29 is 0 Å². The zero-order chi connectivity index (χ0) is 11.9. The Morgan fingerprint density at radius 2 is 2.12 bits per heavy atom. The van der Waals surface area contributed by atoms with Crippen LogP contribution in [0.1, 0.15) is 27.2 Å². The molecule has 1 heterocycles. The fourth-order valence-corrected chi connectivity index (χ4v) is 2.03. The van der Waals surface area contributed by atoms with Gasteiger partial charge in [-0.3, -0.25) is 0 Å². The van der Waals surface area contributed by atoms with Crippen LogP contribution in [0.2, 0.25) is 5.02 Å². The summed E-state index contributed by atoms with van der Waals surface area (Å²) in [5, 5.41) is 0.687. The van der Waals surface area contributed by atoms with Gasteiger partial charge in [0.2, 0.25) is 5.95 Å². The maximum atomic E-state index is 5.97. The molecule has 0 radical (unpaired) electrons. The number of nitrogens with zero attached hydrogens (tertiary/aromatic N) is 2. The number of benzene rings is 1. The molecule has 0 amide bonds. The van der Waals surface area contributed by atoms with Crippen LogP contribution in [0.15, 0.2) is 18.2 Å². The fraction of sp³-hybridized carbons (Fsp3) is 0.417. The van der Waals surface area contributed by atoms with Crippen LogP contribution in [-0.2, 0) is 5.54 Å². The van der Waals surface area contributed by atoms with Gasteiger partial charge in [-0.2, -0.15) is 0 Å². The number of imidazole rings is 1. The molecule has 0 aliphatic carbocycles. The van der Waals surface area contributed by atoms with Crippen LogP contribution >= 0.6 is 11.6 Å². The standard InChI is InChI=1S/C12H16ClN3/c1-4-12(2,3)16-10-6-5-8(13)7-9(10)15-11(16)14/h5-7H,4H2,1-3H3,(H2,14,15). The summed E-state index contributed by atoms with van der Waals surface area (Å²) in [6.07, 6.45) is 0.991. The lowest BCUT2D eigenvalue weighted by Crippen LogP contribution is -2.26. The minimum atomic E-state index is -0.0351. The van der Waals surface area contributed by atoms with Crippen LogP contribution in [0.5, 0.6) is 0 Å². The summed E-state index contributed by atoms with van der Waals surface area (Å²) in [4.78, 5) is 4.34. The number of hydrogen-bond acceptors (Lipinski definition) is 2. The van der Waals surface area contributed by atoms with Crippen molar-refractivity contribution in [3.05, 3.63) is 23.2 Å². The van der Waals surface area contributed by atoms with Crippen LogP contribution in [-0.4, -0.2) is 9.55 Å². The van der Waals surface area contributed by atoms with Crippen LogP contribution in [0, 0.1) is 0 Å². The van der Waals surface area contributed by atoms with Gasteiger partial charge < -0.3 is 10.3 Å². The first kappa shape index (κ1) is 11.3. The Labute approximate surface area is 100 Å².